The Kier molecular flexibility index (Phi) is 3.93. The number of aryl methyl sites for hydroxylation is 1. The summed E-state index contributed by atoms with van der Waals surface area (Å²) in [6.45, 7) is 3.73. The maximum absolute atomic E-state index is 12.2. The van der Waals surface area contributed by atoms with Gasteiger partial charge < -0.3 is 5.73 Å². The van der Waals surface area contributed by atoms with E-state index >= 15 is 0 Å². The highest BCUT2D eigenvalue weighted by atomic mass is 32.2. The first-order chi connectivity index (χ1) is 8.88. The van der Waals surface area contributed by atoms with Gasteiger partial charge in [0.1, 0.15) is 4.21 Å². The minimum absolute atomic E-state index is 0.131. The highest BCUT2D eigenvalue weighted by Crippen LogP contribution is 2.24. The fraction of sp³-hybridized carbons (Fsp3) is 0.231. The molecule has 4 nitrogen and oxygen atoms in total. The van der Waals surface area contributed by atoms with E-state index in [0.29, 0.717) is 9.90 Å². The minimum Gasteiger partial charge on any atom is -0.324 e. The van der Waals surface area contributed by atoms with Crippen LogP contribution in [0.3, 0.4) is 0 Å². The van der Waals surface area contributed by atoms with Crippen LogP contribution in [0, 0.1) is 6.92 Å². The summed E-state index contributed by atoms with van der Waals surface area (Å²) in [4.78, 5) is 0.963. The summed E-state index contributed by atoms with van der Waals surface area (Å²) in [6.07, 6.45) is 0. The SMILES string of the molecule is Cc1ccc(S(=O)(=O)Nc2cccc(C(C)N)c2)s1. The molecule has 3 N–H and O–H groups in total. The van der Waals surface area contributed by atoms with Crippen molar-refractivity contribution in [3.8, 4) is 0 Å². The summed E-state index contributed by atoms with van der Waals surface area (Å²) in [5.74, 6) is 0. The van der Waals surface area contributed by atoms with E-state index in [-0.39, 0.29) is 6.04 Å². The number of nitrogens with one attached hydrogen (secondary N) is 1. The van der Waals surface area contributed by atoms with Gasteiger partial charge in [-0.3, -0.25) is 4.72 Å². The molecule has 0 spiro atoms. The summed E-state index contributed by atoms with van der Waals surface area (Å²) in [5.41, 5.74) is 7.21. The van der Waals surface area contributed by atoms with E-state index in [4.69, 9.17) is 5.73 Å². The van der Waals surface area contributed by atoms with Crippen molar-refractivity contribution in [2.75, 3.05) is 4.72 Å². The van der Waals surface area contributed by atoms with Crippen LogP contribution >= 0.6 is 11.3 Å². The molecule has 2 aromatic rings. The van der Waals surface area contributed by atoms with E-state index < -0.39 is 10.0 Å². The van der Waals surface area contributed by atoms with Gasteiger partial charge in [0.25, 0.3) is 10.0 Å². The smallest absolute Gasteiger partial charge is 0.271 e. The van der Waals surface area contributed by atoms with Crippen LogP contribution in [0.15, 0.2) is 40.6 Å². The molecule has 0 saturated carbocycles. The molecular formula is C13H16N2O2S2. The summed E-state index contributed by atoms with van der Waals surface area (Å²) in [7, 11) is -3.51. The quantitative estimate of drug-likeness (QED) is 0.911. The van der Waals surface area contributed by atoms with Gasteiger partial charge in [0.05, 0.1) is 0 Å². The van der Waals surface area contributed by atoms with Crippen LogP contribution in [-0.4, -0.2) is 8.42 Å². The zero-order chi connectivity index (χ0) is 14.0. The van der Waals surface area contributed by atoms with Crippen LogP contribution in [0.25, 0.3) is 0 Å². The predicted octanol–water partition coefficient (Wildman–Crippen LogP) is 2.88. The second kappa shape index (κ2) is 5.32. The summed E-state index contributed by atoms with van der Waals surface area (Å²) in [6, 6.07) is 10.4. The first-order valence-corrected chi connectivity index (χ1v) is 8.13. The first-order valence-electron chi connectivity index (χ1n) is 5.83. The molecule has 2 rings (SSSR count). The molecule has 0 aliphatic rings. The Morgan fingerprint density at radius 2 is 2.00 bits per heavy atom. The van der Waals surface area contributed by atoms with Gasteiger partial charge in [-0.25, -0.2) is 8.42 Å². The lowest BCUT2D eigenvalue weighted by molar-refractivity contribution is 0.603. The molecule has 0 aliphatic carbocycles. The van der Waals surface area contributed by atoms with Gasteiger partial charge in [0.2, 0.25) is 0 Å². The second-order valence-corrected chi connectivity index (χ2v) is 7.58. The van der Waals surface area contributed by atoms with Crippen molar-refractivity contribution in [2.24, 2.45) is 5.73 Å². The van der Waals surface area contributed by atoms with Crippen molar-refractivity contribution in [2.45, 2.75) is 24.1 Å². The van der Waals surface area contributed by atoms with Gasteiger partial charge in [0, 0.05) is 16.6 Å². The normalized spacial score (nSPS) is 13.2. The number of anilines is 1. The van der Waals surface area contributed by atoms with Gasteiger partial charge in [-0.1, -0.05) is 12.1 Å². The molecule has 0 aliphatic heterocycles. The van der Waals surface area contributed by atoms with Gasteiger partial charge in [-0.15, -0.1) is 11.3 Å². The molecule has 0 fully saturated rings. The second-order valence-electron chi connectivity index (χ2n) is 4.38. The van der Waals surface area contributed by atoms with Crippen molar-refractivity contribution in [3.63, 3.8) is 0 Å². The van der Waals surface area contributed by atoms with Gasteiger partial charge >= 0.3 is 0 Å². The average Bonchev–Trinajstić information content (AvgIpc) is 2.76. The Hall–Kier alpha value is -1.37. The van der Waals surface area contributed by atoms with Crippen molar-refractivity contribution >= 4 is 27.0 Å². The van der Waals surface area contributed by atoms with Crippen LogP contribution in [0.1, 0.15) is 23.4 Å². The third kappa shape index (κ3) is 3.34. The van der Waals surface area contributed by atoms with Gasteiger partial charge in [0.15, 0.2) is 0 Å². The van der Waals surface area contributed by atoms with Crippen LogP contribution in [0.4, 0.5) is 5.69 Å². The fourth-order valence-electron chi connectivity index (χ4n) is 1.65. The van der Waals surface area contributed by atoms with E-state index in [1.165, 1.54) is 11.3 Å². The molecule has 1 heterocycles. The Bertz CT molecular complexity index is 675. The Morgan fingerprint density at radius 3 is 2.58 bits per heavy atom. The number of hydrogen-bond donors (Lipinski definition) is 2. The molecule has 1 aromatic heterocycles. The summed E-state index contributed by atoms with van der Waals surface area (Å²) >= 11 is 1.25. The van der Waals surface area contributed by atoms with E-state index in [1.54, 1.807) is 30.3 Å². The van der Waals surface area contributed by atoms with Crippen LogP contribution in [0.5, 0.6) is 0 Å². The molecule has 0 amide bonds. The Labute approximate surface area is 117 Å². The molecule has 0 radical (unpaired) electrons. The molecule has 19 heavy (non-hydrogen) atoms. The number of benzene rings is 1. The molecule has 6 heteroatoms. The van der Waals surface area contributed by atoms with E-state index in [1.807, 2.05) is 19.9 Å². The standard InChI is InChI=1S/C13H16N2O2S2/c1-9-6-7-13(18-9)19(16,17)15-12-5-3-4-11(8-12)10(2)14/h3-8,10,15H,14H2,1-2H3. The van der Waals surface area contributed by atoms with Gasteiger partial charge in [-0.05, 0) is 43.7 Å². The number of rotatable bonds is 4. The number of thiophene rings is 1. The minimum atomic E-state index is -3.51. The lowest BCUT2D eigenvalue weighted by Gasteiger charge is -2.10. The molecule has 1 aromatic carbocycles. The molecule has 1 atom stereocenters. The number of hydrogen-bond acceptors (Lipinski definition) is 4. The molecule has 0 saturated heterocycles. The summed E-state index contributed by atoms with van der Waals surface area (Å²) < 4.78 is 27.2. The number of nitrogens with two attached hydrogens (primary N) is 1. The van der Waals surface area contributed by atoms with E-state index in [9.17, 15) is 8.42 Å². The van der Waals surface area contributed by atoms with Crippen molar-refractivity contribution in [1.29, 1.82) is 0 Å². The molecule has 0 bridgehead atoms. The predicted molar refractivity (Wildman–Crippen MR) is 78.9 cm³/mol. The maximum atomic E-state index is 12.2. The van der Waals surface area contributed by atoms with Crippen LogP contribution in [0.2, 0.25) is 0 Å². The average molecular weight is 296 g/mol. The molecule has 1 unspecified atom stereocenters. The zero-order valence-corrected chi connectivity index (χ0v) is 12.4. The lowest BCUT2D eigenvalue weighted by atomic mass is 10.1. The highest BCUT2D eigenvalue weighted by molar-refractivity contribution is 7.94. The van der Waals surface area contributed by atoms with E-state index in [0.717, 1.165) is 10.4 Å². The maximum Gasteiger partial charge on any atom is 0.271 e. The van der Waals surface area contributed by atoms with Crippen molar-refractivity contribution in [3.05, 3.63) is 46.8 Å². The van der Waals surface area contributed by atoms with Crippen molar-refractivity contribution in [1.82, 2.24) is 0 Å². The topological polar surface area (TPSA) is 72.2 Å². The van der Waals surface area contributed by atoms with Crippen LogP contribution in [-0.2, 0) is 10.0 Å². The van der Waals surface area contributed by atoms with E-state index in [2.05, 4.69) is 4.72 Å². The Morgan fingerprint density at radius 1 is 1.26 bits per heavy atom. The Balaban J connectivity index is 2.28. The van der Waals surface area contributed by atoms with Crippen LogP contribution < -0.4 is 10.5 Å². The molecule has 102 valence electrons. The zero-order valence-electron chi connectivity index (χ0n) is 10.8. The summed E-state index contributed by atoms with van der Waals surface area (Å²) in [5, 5.41) is 0. The molecular weight excluding hydrogens is 280 g/mol. The highest BCUT2D eigenvalue weighted by Gasteiger charge is 2.16. The fourth-order valence-corrected chi connectivity index (χ4v) is 3.98. The monoisotopic (exact) mass is 296 g/mol. The number of sulfonamides is 1. The third-order valence-corrected chi connectivity index (χ3v) is 5.52. The van der Waals surface area contributed by atoms with Gasteiger partial charge in [-0.2, -0.15) is 0 Å². The largest absolute Gasteiger partial charge is 0.324 e. The first kappa shape index (κ1) is 14.0. The van der Waals surface area contributed by atoms with Crippen molar-refractivity contribution < 1.29 is 8.42 Å². The third-order valence-electron chi connectivity index (χ3n) is 2.65. The lowest BCUT2D eigenvalue weighted by Crippen LogP contribution is -2.12.